The molecular weight excluding hydrogens is 176 g/mol. The van der Waals surface area contributed by atoms with Crippen molar-refractivity contribution in [2.24, 2.45) is 0 Å². The molecule has 75 valence electrons. The molecule has 14 heavy (non-hydrogen) atoms. The summed E-state index contributed by atoms with van der Waals surface area (Å²) in [4.78, 5) is 6.33. The van der Waals surface area contributed by atoms with Gasteiger partial charge in [0.2, 0.25) is 0 Å². The average Bonchev–Trinajstić information content (AvgIpc) is 2.30. The van der Waals surface area contributed by atoms with Crippen molar-refractivity contribution in [2.45, 2.75) is 6.04 Å². The second-order valence-corrected chi connectivity index (χ2v) is 3.44. The van der Waals surface area contributed by atoms with Crippen molar-refractivity contribution in [1.29, 1.82) is 0 Å². The Labute approximate surface area is 84.7 Å². The summed E-state index contributed by atoms with van der Waals surface area (Å²) in [5.41, 5.74) is 1.22. The zero-order valence-electron chi connectivity index (χ0n) is 8.22. The summed E-state index contributed by atoms with van der Waals surface area (Å²) in [5, 5.41) is 0. The third kappa shape index (κ3) is 2.11. The van der Waals surface area contributed by atoms with Crippen molar-refractivity contribution in [2.75, 3.05) is 26.3 Å². The largest absolute Gasteiger partial charge is 0.379 e. The first-order valence-electron chi connectivity index (χ1n) is 4.93. The molecule has 3 nitrogen and oxygen atoms in total. The fourth-order valence-electron chi connectivity index (χ4n) is 1.69. The minimum atomic E-state index is 0.224. The van der Waals surface area contributed by atoms with E-state index in [1.807, 2.05) is 24.5 Å². The lowest BCUT2D eigenvalue weighted by Gasteiger charge is -2.32. The predicted molar refractivity (Wildman–Crippen MR) is 54.7 cm³/mol. The minimum absolute atomic E-state index is 0.224. The molecule has 2 rings (SSSR count). The van der Waals surface area contributed by atoms with Crippen LogP contribution >= 0.6 is 0 Å². The third-order valence-electron chi connectivity index (χ3n) is 2.58. The van der Waals surface area contributed by atoms with Crippen LogP contribution in [0.25, 0.3) is 0 Å². The summed E-state index contributed by atoms with van der Waals surface area (Å²) in [7, 11) is 0. The lowest BCUT2D eigenvalue weighted by Crippen LogP contribution is -2.38. The van der Waals surface area contributed by atoms with E-state index in [-0.39, 0.29) is 6.04 Å². The first-order valence-corrected chi connectivity index (χ1v) is 4.93. The van der Waals surface area contributed by atoms with Gasteiger partial charge in [-0.15, -0.1) is 0 Å². The normalized spacial score (nSPS) is 20.6. The Bertz CT molecular complexity index is 270. The molecule has 1 aliphatic rings. The van der Waals surface area contributed by atoms with Gasteiger partial charge in [0, 0.05) is 31.5 Å². The topological polar surface area (TPSA) is 25.4 Å². The van der Waals surface area contributed by atoms with Gasteiger partial charge in [-0.1, -0.05) is 0 Å². The molecule has 0 N–H and O–H groups in total. The first-order chi connectivity index (χ1) is 6.88. The smallest absolute Gasteiger partial charge is 0.0594 e. The SMILES string of the molecule is [CH2]C(c1ccncc1)N1CCOCC1. The number of aromatic nitrogens is 1. The van der Waals surface area contributed by atoms with E-state index in [0.29, 0.717) is 0 Å². The molecule has 3 heteroatoms. The maximum Gasteiger partial charge on any atom is 0.0594 e. The van der Waals surface area contributed by atoms with Crippen LogP contribution in [0.15, 0.2) is 24.5 Å². The zero-order chi connectivity index (χ0) is 9.80. The molecular formula is C11H15N2O. The van der Waals surface area contributed by atoms with E-state index in [2.05, 4.69) is 16.8 Å². The van der Waals surface area contributed by atoms with E-state index in [0.717, 1.165) is 26.3 Å². The van der Waals surface area contributed by atoms with E-state index in [4.69, 9.17) is 4.74 Å². The van der Waals surface area contributed by atoms with Gasteiger partial charge in [-0.2, -0.15) is 0 Å². The number of hydrogen-bond acceptors (Lipinski definition) is 3. The molecule has 0 saturated carbocycles. The Hall–Kier alpha value is -0.930. The molecule has 0 aliphatic carbocycles. The Morgan fingerprint density at radius 2 is 1.93 bits per heavy atom. The van der Waals surface area contributed by atoms with Crippen LogP contribution in [-0.4, -0.2) is 36.2 Å². The lowest BCUT2D eigenvalue weighted by atomic mass is 10.1. The van der Waals surface area contributed by atoms with Gasteiger partial charge in [-0.3, -0.25) is 9.88 Å². The van der Waals surface area contributed by atoms with E-state index in [9.17, 15) is 0 Å². The molecule has 1 unspecified atom stereocenters. The number of nitrogens with zero attached hydrogens (tertiary/aromatic N) is 2. The summed E-state index contributed by atoms with van der Waals surface area (Å²) in [6.07, 6.45) is 3.63. The summed E-state index contributed by atoms with van der Waals surface area (Å²) in [6, 6.07) is 4.27. The average molecular weight is 191 g/mol. The van der Waals surface area contributed by atoms with Crippen LogP contribution < -0.4 is 0 Å². The van der Waals surface area contributed by atoms with E-state index < -0.39 is 0 Å². The van der Waals surface area contributed by atoms with E-state index in [1.165, 1.54) is 5.56 Å². The Balaban J connectivity index is 2.03. The van der Waals surface area contributed by atoms with Gasteiger partial charge in [0.15, 0.2) is 0 Å². The van der Waals surface area contributed by atoms with Gasteiger partial charge < -0.3 is 4.74 Å². The molecule has 1 saturated heterocycles. The molecule has 0 spiro atoms. The highest BCUT2D eigenvalue weighted by Crippen LogP contribution is 2.19. The lowest BCUT2D eigenvalue weighted by molar-refractivity contribution is 0.0248. The van der Waals surface area contributed by atoms with Crippen molar-refractivity contribution < 1.29 is 4.74 Å². The van der Waals surface area contributed by atoms with Crippen LogP contribution in [0.5, 0.6) is 0 Å². The predicted octanol–water partition coefficient (Wildman–Crippen LogP) is 1.29. The number of pyridine rings is 1. The maximum atomic E-state index is 5.30. The fraction of sp³-hybridized carbons (Fsp3) is 0.455. The number of hydrogen-bond donors (Lipinski definition) is 0. The highest BCUT2D eigenvalue weighted by molar-refractivity contribution is 5.16. The Morgan fingerprint density at radius 3 is 2.57 bits per heavy atom. The quantitative estimate of drug-likeness (QED) is 0.704. The monoisotopic (exact) mass is 191 g/mol. The Kier molecular flexibility index (Phi) is 3.11. The van der Waals surface area contributed by atoms with Crippen LogP contribution in [0.3, 0.4) is 0 Å². The molecule has 1 fully saturated rings. The molecule has 0 aromatic carbocycles. The van der Waals surface area contributed by atoms with Crippen LogP contribution in [0.2, 0.25) is 0 Å². The summed E-state index contributed by atoms with van der Waals surface area (Å²) in [6.45, 7) is 7.75. The Morgan fingerprint density at radius 1 is 1.29 bits per heavy atom. The molecule has 1 radical (unpaired) electrons. The summed E-state index contributed by atoms with van der Waals surface area (Å²) < 4.78 is 5.30. The number of morpholine rings is 1. The number of rotatable bonds is 2. The van der Waals surface area contributed by atoms with Gasteiger partial charge in [0.25, 0.3) is 0 Å². The van der Waals surface area contributed by atoms with Gasteiger partial charge in [-0.05, 0) is 24.6 Å². The molecule has 1 aliphatic heterocycles. The summed E-state index contributed by atoms with van der Waals surface area (Å²) >= 11 is 0. The molecule has 2 heterocycles. The highest BCUT2D eigenvalue weighted by atomic mass is 16.5. The zero-order valence-corrected chi connectivity index (χ0v) is 8.22. The summed E-state index contributed by atoms with van der Waals surface area (Å²) in [5.74, 6) is 0. The van der Waals surface area contributed by atoms with Gasteiger partial charge in [0.05, 0.1) is 13.2 Å². The minimum Gasteiger partial charge on any atom is -0.379 e. The molecule has 0 amide bonds. The van der Waals surface area contributed by atoms with Crippen molar-refractivity contribution in [3.8, 4) is 0 Å². The van der Waals surface area contributed by atoms with Crippen LogP contribution in [0.1, 0.15) is 11.6 Å². The third-order valence-corrected chi connectivity index (χ3v) is 2.58. The standard InChI is InChI=1S/C11H15N2O/c1-10(11-2-4-12-5-3-11)13-6-8-14-9-7-13/h2-5,10H,1,6-9H2. The fourth-order valence-corrected chi connectivity index (χ4v) is 1.69. The molecule has 0 bridgehead atoms. The molecule has 1 aromatic rings. The van der Waals surface area contributed by atoms with Gasteiger partial charge >= 0.3 is 0 Å². The number of ether oxygens (including phenoxy) is 1. The van der Waals surface area contributed by atoms with E-state index in [1.54, 1.807) is 0 Å². The van der Waals surface area contributed by atoms with Gasteiger partial charge in [-0.25, -0.2) is 0 Å². The van der Waals surface area contributed by atoms with E-state index >= 15 is 0 Å². The van der Waals surface area contributed by atoms with Crippen LogP contribution in [0, 0.1) is 6.92 Å². The molecule has 1 atom stereocenters. The van der Waals surface area contributed by atoms with Crippen LogP contribution in [-0.2, 0) is 4.74 Å². The van der Waals surface area contributed by atoms with Crippen LogP contribution in [0.4, 0.5) is 0 Å². The second kappa shape index (κ2) is 4.53. The first kappa shape index (κ1) is 9.62. The van der Waals surface area contributed by atoms with Crippen molar-refractivity contribution in [1.82, 2.24) is 9.88 Å². The van der Waals surface area contributed by atoms with Gasteiger partial charge in [0.1, 0.15) is 0 Å². The second-order valence-electron chi connectivity index (χ2n) is 3.44. The van der Waals surface area contributed by atoms with Crippen molar-refractivity contribution >= 4 is 0 Å². The van der Waals surface area contributed by atoms with Crippen molar-refractivity contribution in [3.63, 3.8) is 0 Å². The van der Waals surface area contributed by atoms with Crippen molar-refractivity contribution in [3.05, 3.63) is 37.0 Å². The highest BCUT2D eigenvalue weighted by Gasteiger charge is 2.17. The molecule has 1 aromatic heterocycles. The maximum absolute atomic E-state index is 5.30.